The molecule has 2 heterocycles. The van der Waals surface area contributed by atoms with Gasteiger partial charge in [-0.1, -0.05) is 15.9 Å². The van der Waals surface area contributed by atoms with E-state index < -0.39 is 0 Å². The van der Waals surface area contributed by atoms with Crippen LogP contribution in [0.2, 0.25) is 0 Å². The zero-order valence-corrected chi connectivity index (χ0v) is 10.6. The molecule has 0 bridgehead atoms. The van der Waals surface area contributed by atoms with Gasteiger partial charge in [-0.3, -0.25) is 0 Å². The smallest absolute Gasteiger partial charge is 0.134 e. The number of benzene rings is 1. The molecular formula is C13H14BrNO. The van der Waals surface area contributed by atoms with Crippen molar-refractivity contribution in [2.75, 3.05) is 13.1 Å². The van der Waals surface area contributed by atoms with Crippen LogP contribution in [0.15, 0.2) is 33.2 Å². The molecule has 0 spiro atoms. The molecule has 0 unspecified atom stereocenters. The highest BCUT2D eigenvalue weighted by Crippen LogP contribution is 2.31. The van der Waals surface area contributed by atoms with Crippen LogP contribution in [0.3, 0.4) is 0 Å². The highest BCUT2D eigenvalue weighted by molar-refractivity contribution is 9.10. The first-order chi connectivity index (χ1) is 7.83. The quantitative estimate of drug-likeness (QED) is 0.862. The zero-order chi connectivity index (χ0) is 11.0. The van der Waals surface area contributed by atoms with Gasteiger partial charge in [-0.2, -0.15) is 0 Å². The van der Waals surface area contributed by atoms with Crippen molar-refractivity contribution in [1.82, 2.24) is 5.32 Å². The van der Waals surface area contributed by atoms with E-state index in [-0.39, 0.29) is 0 Å². The highest BCUT2D eigenvalue weighted by Gasteiger charge is 2.18. The van der Waals surface area contributed by atoms with Crippen LogP contribution in [0.1, 0.15) is 24.5 Å². The largest absolute Gasteiger partial charge is 0.461 e. The van der Waals surface area contributed by atoms with E-state index in [1.54, 1.807) is 0 Å². The van der Waals surface area contributed by atoms with Crippen LogP contribution in [0, 0.1) is 0 Å². The number of rotatable bonds is 1. The topological polar surface area (TPSA) is 25.2 Å². The van der Waals surface area contributed by atoms with E-state index in [1.165, 1.54) is 18.2 Å². The number of hydrogen-bond acceptors (Lipinski definition) is 2. The van der Waals surface area contributed by atoms with Gasteiger partial charge in [0.15, 0.2) is 0 Å². The van der Waals surface area contributed by atoms with Gasteiger partial charge in [0.2, 0.25) is 0 Å². The molecule has 0 atom stereocenters. The molecule has 1 aliphatic rings. The fraction of sp³-hybridized carbons (Fsp3) is 0.385. The van der Waals surface area contributed by atoms with Crippen molar-refractivity contribution >= 4 is 26.9 Å². The zero-order valence-electron chi connectivity index (χ0n) is 9.00. The summed E-state index contributed by atoms with van der Waals surface area (Å²) in [5.41, 5.74) is 0.997. The minimum absolute atomic E-state index is 0.590. The van der Waals surface area contributed by atoms with E-state index in [4.69, 9.17) is 4.42 Å². The predicted octanol–water partition coefficient (Wildman–Crippen LogP) is 3.66. The summed E-state index contributed by atoms with van der Waals surface area (Å²) in [6, 6.07) is 8.36. The molecule has 0 radical (unpaired) electrons. The van der Waals surface area contributed by atoms with Crippen LogP contribution in [-0.4, -0.2) is 13.1 Å². The van der Waals surface area contributed by atoms with Gasteiger partial charge in [0.1, 0.15) is 11.3 Å². The predicted molar refractivity (Wildman–Crippen MR) is 68.8 cm³/mol. The Balaban J connectivity index is 1.97. The third kappa shape index (κ3) is 1.89. The molecule has 0 saturated carbocycles. The third-order valence-electron chi connectivity index (χ3n) is 3.24. The Morgan fingerprint density at radius 2 is 2.00 bits per heavy atom. The molecule has 3 rings (SSSR count). The number of nitrogens with one attached hydrogen (secondary N) is 1. The number of halogens is 1. The van der Waals surface area contributed by atoms with Crippen LogP contribution in [0.4, 0.5) is 0 Å². The van der Waals surface area contributed by atoms with E-state index in [0.29, 0.717) is 5.92 Å². The van der Waals surface area contributed by atoms with Gasteiger partial charge in [0.25, 0.3) is 0 Å². The van der Waals surface area contributed by atoms with Gasteiger partial charge >= 0.3 is 0 Å². The first kappa shape index (κ1) is 10.4. The molecule has 0 aliphatic carbocycles. The molecule has 16 heavy (non-hydrogen) atoms. The van der Waals surface area contributed by atoms with Crippen LogP contribution in [-0.2, 0) is 0 Å². The van der Waals surface area contributed by atoms with Crippen molar-refractivity contribution < 1.29 is 4.42 Å². The fourth-order valence-corrected chi connectivity index (χ4v) is 2.72. The maximum atomic E-state index is 5.91. The summed E-state index contributed by atoms with van der Waals surface area (Å²) in [5, 5.41) is 4.58. The van der Waals surface area contributed by atoms with E-state index in [2.05, 4.69) is 33.4 Å². The van der Waals surface area contributed by atoms with Gasteiger partial charge in [0, 0.05) is 15.8 Å². The second-order valence-electron chi connectivity index (χ2n) is 4.36. The molecule has 1 N–H and O–H groups in total. The van der Waals surface area contributed by atoms with Gasteiger partial charge in [-0.05, 0) is 50.2 Å². The molecule has 1 aromatic heterocycles. The lowest BCUT2D eigenvalue weighted by atomic mass is 9.95. The second-order valence-corrected chi connectivity index (χ2v) is 5.27. The molecule has 0 amide bonds. The van der Waals surface area contributed by atoms with Gasteiger partial charge in [0.05, 0.1) is 0 Å². The van der Waals surface area contributed by atoms with Gasteiger partial charge in [-0.15, -0.1) is 0 Å². The Bertz CT molecular complexity index is 500. The highest BCUT2D eigenvalue weighted by atomic mass is 79.9. The van der Waals surface area contributed by atoms with Crippen molar-refractivity contribution in [1.29, 1.82) is 0 Å². The number of hydrogen-bond donors (Lipinski definition) is 1. The monoisotopic (exact) mass is 279 g/mol. The van der Waals surface area contributed by atoms with Crippen molar-refractivity contribution in [2.45, 2.75) is 18.8 Å². The summed E-state index contributed by atoms with van der Waals surface area (Å²) in [4.78, 5) is 0. The molecule has 1 aromatic carbocycles. The van der Waals surface area contributed by atoms with Gasteiger partial charge < -0.3 is 9.73 Å². The summed E-state index contributed by atoms with van der Waals surface area (Å²) in [6.07, 6.45) is 2.36. The molecule has 1 aliphatic heterocycles. The standard InChI is InChI=1S/C13H14BrNO/c14-11-1-2-12-10(7-11)8-13(16-12)9-3-5-15-6-4-9/h1-2,7-9,15H,3-6H2. The lowest BCUT2D eigenvalue weighted by Crippen LogP contribution is -2.26. The lowest BCUT2D eigenvalue weighted by molar-refractivity contribution is 0.397. The minimum Gasteiger partial charge on any atom is -0.461 e. The first-order valence-corrected chi connectivity index (χ1v) is 6.52. The van der Waals surface area contributed by atoms with Crippen molar-refractivity contribution in [3.8, 4) is 0 Å². The third-order valence-corrected chi connectivity index (χ3v) is 3.73. The second kappa shape index (κ2) is 4.22. The number of furan rings is 1. The maximum Gasteiger partial charge on any atom is 0.134 e. The molecule has 84 valence electrons. The Morgan fingerprint density at radius 3 is 2.81 bits per heavy atom. The fourth-order valence-electron chi connectivity index (χ4n) is 2.34. The summed E-state index contributed by atoms with van der Waals surface area (Å²) in [6.45, 7) is 2.21. The van der Waals surface area contributed by atoms with E-state index in [1.807, 2.05) is 12.1 Å². The Hall–Kier alpha value is -0.800. The number of piperidine rings is 1. The van der Waals surface area contributed by atoms with Crippen LogP contribution in [0.25, 0.3) is 11.0 Å². The van der Waals surface area contributed by atoms with Crippen LogP contribution >= 0.6 is 15.9 Å². The van der Waals surface area contributed by atoms with Crippen LogP contribution < -0.4 is 5.32 Å². The van der Waals surface area contributed by atoms with Crippen LogP contribution in [0.5, 0.6) is 0 Å². The normalized spacial score (nSPS) is 18.1. The Labute approximate surface area is 103 Å². The maximum absolute atomic E-state index is 5.91. The average Bonchev–Trinajstić information content (AvgIpc) is 2.73. The van der Waals surface area contributed by atoms with Gasteiger partial charge in [-0.25, -0.2) is 0 Å². The Kier molecular flexibility index (Phi) is 2.74. The molecule has 2 nitrogen and oxygen atoms in total. The summed E-state index contributed by atoms with van der Waals surface area (Å²) in [7, 11) is 0. The van der Waals surface area contributed by atoms with Crippen molar-refractivity contribution in [3.63, 3.8) is 0 Å². The lowest BCUT2D eigenvalue weighted by Gasteiger charge is -2.20. The minimum atomic E-state index is 0.590. The molecule has 2 aromatic rings. The molecule has 1 saturated heterocycles. The first-order valence-electron chi connectivity index (χ1n) is 5.72. The Morgan fingerprint density at radius 1 is 1.19 bits per heavy atom. The summed E-state index contributed by atoms with van der Waals surface area (Å²) >= 11 is 3.49. The number of fused-ring (bicyclic) bond motifs is 1. The van der Waals surface area contributed by atoms with Crippen molar-refractivity contribution in [2.24, 2.45) is 0 Å². The van der Waals surface area contributed by atoms with E-state index in [9.17, 15) is 0 Å². The molecule has 1 fully saturated rings. The summed E-state index contributed by atoms with van der Waals surface area (Å²) in [5.74, 6) is 1.74. The molecule has 3 heteroatoms. The van der Waals surface area contributed by atoms with E-state index >= 15 is 0 Å². The molecular weight excluding hydrogens is 266 g/mol. The van der Waals surface area contributed by atoms with E-state index in [0.717, 1.165) is 28.9 Å². The average molecular weight is 280 g/mol. The summed E-state index contributed by atoms with van der Waals surface area (Å²) < 4.78 is 7.02. The SMILES string of the molecule is Brc1ccc2oc(C3CCNCC3)cc2c1. The van der Waals surface area contributed by atoms with Crippen molar-refractivity contribution in [3.05, 3.63) is 34.5 Å².